The van der Waals surface area contributed by atoms with E-state index in [0.717, 1.165) is 18.1 Å². The fourth-order valence-corrected chi connectivity index (χ4v) is 4.34. The number of ether oxygens (including phenoxy) is 1. The van der Waals surface area contributed by atoms with Crippen LogP contribution >= 0.6 is 11.6 Å². The highest BCUT2D eigenvalue weighted by Gasteiger charge is 2.69. The summed E-state index contributed by atoms with van der Waals surface area (Å²) in [5.74, 6) is -0.823. The number of hydrogen-bond donors (Lipinski definition) is 2. The van der Waals surface area contributed by atoms with Gasteiger partial charge in [-0.25, -0.2) is 4.39 Å². The molecule has 2 N–H and O–H groups in total. The lowest BCUT2D eigenvalue weighted by molar-refractivity contribution is -0.141. The zero-order chi connectivity index (χ0) is 20.6. The molecule has 0 saturated heterocycles. The number of carbonyl (C=O) groups is 2. The van der Waals surface area contributed by atoms with Crippen LogP contribution in [0.4, 0.5) is 4.39 Å². The fourth-order valence-electron chi connectivity index (χ4n) is 4.22. The van der Waals surface area contributed by atoms with Crippen molar-refractivity contribution in [3.05, 3.63) is 58.6 Å². The second-order valence-corrected chi connectivity index (χ2v) is 8.27. The van der Waals surface area contributed by atoms with Crippen LogP contribution in [0.5, 0.6) is 5.75 Å². The van der Waals surface area contributed by atoms with Crippen molar-refractivity contribution in [2.75, 3.05) is 6.61 Å². The van der Waals surface area contributed by atoms with Gasteiger partial charge in [-0.3, -0.25) is 14.6 Å². The van der Waals surface area contributed by atoms with Gasteiger partial charge in [0, 0.05) is 23.3 Å². The number of carbonyl (C=O) groups excluding carboxylic acids is 2. The molecular weight excluding hydrogens is 397 g/mol. The van der Waals surface area contributed by atoms with Gasteiger partial charge in [-0.2, -0.15) is 0 Å². The lowest BCUT2D eigenvalue weighted by atomic mass is 9.44. The van der Waals surface area contributed by atoms with E-state index in [-0.39, 0.29) is 40.3 Å². The summed E-state index contributed by atoms with van der Waals surface area (Å²) in [6.07, 6.45) is 4.53. The van der Waals surface area contributed by atoms with Crippen LogP contribution in [-0.2, 0) is 11.2 Å². The van der Waals surface area contributed by atoms with Gasteiger partial charge in [-0.1, -0.05) is 18.5 Å². The first-order valence-electron chi connectivity index (χ1n) is 9.48. The zero-order valence-corrected chi connectivity index (χ0v) is 16.7. The average Bonchev–Trinajstić information content (AvgIpc) is 2.66. The molecule has 3 fully saturated rings. The molecule has 8 heteroatoms. The van der Waals surface area contributed by atoms with Crippen molar-refractivity contribution < 1.29 is 18.7 Å². The number of aryl methyl sites for hydroxylation is 1. The van der Waals surface area contributed by atoms with E-state index in [1.54, 1.807) is 12.3 Å². The number of rotatable bonds is 7. The van der Waals surface area contributed by atoms with Gasteiger partial charge in [0.15, 0.2) is 6.61 Å². The molecule has 29 heavy (non-hydrogen) atoms. The van der Waals surface area contributed by atoms with Crippen LogP contribution in [-0.4, -0.2) is 34.5 Å². The van der Waals surface area contributed by atoms with Gasteiger partial charge in [-0.15, -0.1) is 0 Å². The van der Waals surface area contributed by atoms with E-state index in [4.69, 9.17) is 16.3 Å². The molecule has 0 spiro atoms. The minimum atomic E-state index is -0.597. The van der Waals surface area contributed by atoms with Crippen molar-refractivity contribution in [3.8, 4) is 5.75 Å². The molecule has 2 bridgehead atoms. The number of aromatic nitrogens is 1. The number of hydrogen-bond acceptors (Lipinski definition) is 4. The summed E-state index contributed by atoms with van der Waals surface area (Å²) in [4.78, 5) is 28.8. The Labute approximate surface area is 172 Å². The summed E-state index contributed by atoms with van der Waals surface area (Å²) in [7, 11) is 0. The number of halogens is 2. The lowest BCUT2D eigenvalue weighted by Gasteiger charge is -2.70. The maximum Gasteiger partial charge on any atom is 0.270 e. The van der Waals surface area contributed by atoms with E-state index >= 15 is 0 Å². The quantitative estimate of drug-likeness (QED) is 0.725. The number of pyridine rings is 1. The minimum absolute atomic E-state index is 0.000339. The lowest BCUT2D eigenvalue weighted by Crippen LogP contribution is -2.84. The minimum Gasteiger partial charge on any atom is -0.484 e. The highest BCUT2D eigenvalue weighted by molar-refractivity contribution is 6.30. The molecule has 1 aromatic carbocycles. The molecule has 5 rings (SSSR count). The summed E-state index contributed by atoms with van der Waals surface area (Å²) < 4.78 is 18.7. The molecule has 3 saturated carbocycles. The monoisotopic (exact) mass is 417 g/mol. The van der Waals surface area contributed by atoms with Gasteiger partial charge in [-0.05, 0) is 55.5 Å². The molecule has 0 radical (unpaired) electrons. The molecule has 0 aliphatic heterocycles. The Kier molecular flexibility index (Phi) is 4.94. The number of amides is 2. The number of benzene rings is 1. The van der Waals surface area contributed by atoms with Gasteiger partial charge in [0.1, 0.15) is 17.3 Å². The van der Waals surface area contributed by atoms with Crippen molar-refractivity contribution in [1.29, 1.82) is 0 Å². The number of nitrogens with zero attached hydrogens (tertiary/aromatic N) is 1. The Morgan fingerprint density at radius 3 is 2.59 bits per heavy atom. The standard InChI is InChI=1S/C21H21ClFN3O3/c1-2-13-5-6-24-17(7-13)19(28)26-21-10-20(11-21,12-21)25-18(27)9-29-14-3-4-15(22)16(23)8-14/h3-8H,2,9-12H2,1H3,(H,25,27)(H,26,28). The van der Waals surface area contributed by atoms with Gasteiger partial charge in [0.25, 0.3) is 11.8 Å². The maximum absolute atomic E-state index is 13.4. The molecule has 3 aliphatic rings. The summed E-state index contributed by atoms with van der Waals surface area (Å²) >= 11 is 5.62. The van der Waals surface area contributed by atoms with E-state index in [9.17, 15) is 14.0 Å². The molecule has 6 nitrogen and oxygen atoms in total. The highest BCUT2D eigenvalue weighted by Crippen LogP contribution is 2.60. The van der Waals surface area contributed by atoms with Crippen LogP contribution in [0, 0.1) is 5.82 Å². The zero-order valence-electron chi connectivity index (χ0n) is 15.9. The Morgan fingerprint density at radius 2 is 1.90 bits per heavy atom. The van der Waals surface area contributed by atoms with Gasteiger partial charge in [0.2, 0.25) is 0 Å². The average molecular weight is 418 g/mol. The first-order valence-corrected chi connectivity index (χ1v) is 9.86. The first-order chi connectivity index (χ1) is 13.8. The molecular formula is C21H21ClFN3O3. The van der Waals surface area contributed by atoms with Crippen LogP contribution in [0.3, 0.4) is 0 Å². The van der Waals surface area contributed by atoms with Gasteiger partial charge >= 0.3 is 0 Å². The third-order valence-corrected chi connectivity index (χ3v) is 5.85. The molecule has 2 amide bonds. The molecule has 0 atom stereocenters. The van der Waals surface area contributed by atoms with Gasteiger partial charge < -0.3 is 15.4 Å². The van der Waals surface area contributed by atoms with Gasteiger partial charge in [0.05, 0.1) is 5.02 Å². The predicted octanol–water partition coefficient (Wildman–Crippen LogP) is 3.04. The SMILES string of the molecule is CCc1ccnc(C(=O)NC23CC(NC(=O)COc4ccc(Cl)c(F)c4)(C2)C3)c1. The van der Waals surface area contributed by atoms with E-state index in [1.165, 1.54) is 12.1 Å². The predicted molar refractivity (Wildman–Crippen MR) is 105 cm³/mol. The largest absolute Gasteiger partial charge is 0.484 e. The summed E-state index contributed by atoms with van der Waals surface area (Å²) in [6, 6.07) is 7.72. The Bertz CT molecular complexity index is 962. The van der Waals surface area contributed by atoms with Crippen LogP contribution in [0.15, 0.2) is 36.5 Å². The Morgan fingerprint density at radius 1 is 1.17 bits per heavy atom. The Hall–Kier alpha value is -2.67. The summed E-state index contributed by atoms with van der Waals surface area (Å²) in [5.41, 5.74) is 0.911. The maximum atomic E-state index is 13.4. The first kappa shape index (κ1) is 19.6. The van der Waals surface area contributed by atoms with E-state index in [2.05, 4.69) is 15.6 Å². The van der Waals surface area contributed by atoms with Crippen LogP contribution in [0.25, 0.3) is 0 Å². The van der Waals surface area contributed by atoms with Crippen molar-refractivity contribution in [3.63, 3.8) is 0 Å². The third-order valence-electron chi connectivity index (χ3n) is 5.54. The smallest absolute Gasteiger partial charge is 0.270 e. The van der Waals surface area contributed by atoms with E-state index in [1.807, 2.05) is 13.0 Å². The fraction of sp³-hybridized carbons (Fsp3) is 0.381. The Balaban J connectivity index is 1.24. The molecule has 152 valence electrons. The van der Waals surface area contributed by atoms with Crippen molar-refractivity contribution in [2.24, 2.45) is 0 Å². The summed E-state index contributed by atoms with van der Waals surface area (Å²) in [6.45, 7) is 1.81. The van der Waals surface area contributed by atoms with E-state index < -0.39 is 5.82 Å². The van der Waals surface area contributed by atoms with E-state index in [0.29, 0.717) is 25.0 Å². The van der Waals surface area contributed by atoms with Crippen LogP contribution in [0.2, 0.25) is 5.02 Å². The second-order valence-electron chi connectivity index (χ2n) is 7.86. The highest BCUT2D eigenvalue weighted by atomic mass is 35.5. The molecule has 1 heterocycles. The summed E-state index contributed by atoms with van der Waals surface area (Å²) in [5, 5.41) is 6.02. The topological polar surface area (TPSA) is 80.3 Å². The van der Waals surface area contributed by atoms with Crippen LogP contribution in [0.1, 0.15) is 42.2 Å². The molecule has 3 aliphatic carbocycles. The van der Waals surface area contributed by atoms with Crippen LogP contribution < -0.4 is 15.4 Å². The molecule has 2 aromatic rings. The van der Waals surface area contributed by atoms with Crippen molar-refractivity contribution in [1.82, 2.24) is 15.6 Å². The third kappa shape index (κ3) is 3.92. The number of nitrogens with one attached hydrogen (secondary N) is 2. The second kappa shape index (κ2) is 7.30. The van der Waals surface area contributed by atoms with Crippen molar-refractivity contribution >= 4 is 23.4 Å². The normalized spacial score (nSPS) is 24.1. The van der Waals surface area contributed by atoms with Crippen molar-refractivity contribution in [2.45, 2.75) is 43.7 Å². The molecule has 1 aromatic heterocycles. The molecule has 0 unspecified atom stereocenters.